The van der Waals surface area contributed by atoms with Crippen molar-refractivity contribution in [1.82, 2.24) is 0 Å². The lowest BCUT2D eigenvalue weighted by Gasteiger charge is -2.26. The van der Waals surface area contributed by atoms with Crippen LogP contribution in [0.4, 0.5) is 34.5 Å². The summed E-state index contributed by atoms with van der Waals surface area (Å²) in [6, 6.07) is 54.6. The molecule has 7 aromatic rings. The molecular formula is C36H26N2O. The van der Waals surface area contributed by atoms with Gasteiger partial charge in [-0.05, 0) is 47.2 Å². The maximum absolute atomic E-state index is 6.78. The van der Waals surface area contributed by atoms with Gasteiger partial charge in [-0.25, -0.2) is 0 Å². The fourth-order valence-corrected chi connectivity index (χ4v) is 5.29. The van der Waals surface area contributed by atoms with Gasteiger partial charge in [-0.1, -0.05) is 109 Å². The molecule has 1 aromatic heterocycles. The molecule has 3 nitrogen and oxygen atoms in total. The standard InChI is InChI=1S/C36H26N2O/c1-3-17-29(18-4-1)37(33-23-11-15-27-13-7-9-21-31(27)33)35-25-26-36(39-35)38(30-19-5-2-6-20-30)34-24-12-16-28-14-8-10-22-32(28)34/h1-26H. The zero-order valence-corrected chi connectivity index (χ0v) is 21.3. The van der Waals surface area contributed by atoms with Crippen LogP contribution in [-0.4, -0.2) is 0 Å². The van der Waals surface area contributed by atoms with Gasteiger partial charge < -0.3 is 4.42 Å². The van der Waals surface area contributed by atoms with Crippen molar-refractivity contribution >= 4 is 56.1 Å². The van der Waals surface area contributed by atoms with Crippen molar-refractivity contribution in [1.29, 1.82) is 0 Å². The highest BCUT2D eigenvalue weighted by Gasteiger charge is 2.22. The average Bonchev–Trinajstić information content (AvgIpc) is 3.48. The van der Waals surface area contributed by atoms with Crippen LogP contribution in [0.25, 0.3) is 21.5 Å². The summed E-state index contributed by atoms with van der Waals surface area (Å²) >= 11 is 0. The largest absolute Gasteiger partial charge is 0.424 e. The number of nitrogens with zero attached hydrogens (tertiary/aromatic N) is 2. The fourth-order valence-electron chi connectivity index (χ4n) is 5.29. The highest BCUT2D eigenvalue weighted by molar-refractivity contribution is 6.00. The molecule has 39 heavy (non-hydrogen) atoms. The summed E-state index contributed by atoms with van der Waals surface area (Å²) in [7, 11) is 0. The van der Waals surface area contributed by atoms with Gasteiger partial charge in [-0.3, -0.25) is 9.80 Å². The molecule has 0 fully saturated rings. The summed E-state index contributed by atoms with van der Waals surface area (Å²) in [5.41, 5.74) is 4.20. The van der Waals surface area contributed by atoms with Gasteiger partial charge >= 0.3 is 0 Å². The first-order valence-corrected chi connectivity index (χ1v) is 13.1. The van der Waals surface area contributed by atoms with E-state index < -0.39 is 0 Å². The van der Waals surface area contributed by atoms with Crippen molar-refractivity contribution in [2.75, 3.05) is 9.80 Å². The number of anilines is 6. The number of rotatable bonds is 6. The number of hydrogen-bond acceptors (Lipinski definition) is 3. The molecular weight excluding hydrogens is 476 g/mol. The lowest BCUT2D eigenvalue weighted by atomic mass is 10.1. The van der Waals surface area contributed by atoms with Crippen LogP contribution in [0.3, 0.4) is 0 Å². The molecule has 0 atom stereocenters. The second kappa shape index (κ2) is 9.88. The predicted octanol–water partition coefficient (Wildman–Crippen LogP) is 10.5. The van der Waals surface area contributed by atoms with Crippen molar-refractivity contribution in [2.24, 2.45) is 0 Å². The van der Waals surface area contributed by atoms with E-state index in [1.165, 1.54) is 10.8 Å². The fraction of sp³-hybridized carbons (Fsp3) is 0. The predicted molar refractivity (Wildman–Crippen MR) is 163 cm³/mol. The highest BCUT2D eigenvalue weighted by Crippen LogP contribution is 2.44. The SMILES string of the molecule is c1ccc(N(c2ccc(N(c3ccccc3)c3cccc4ccccc34)o2)c2cccc3ccccc23)cc1. The number of fused-ring (bicyclic) bond motifs is 2. The quantitative estimate of drug-likeness (QED) is 0.225. The van der Waals surface area contributed by atoms with E-state index in [0.29, 0.717) is 0 Å². The molecule has 3 heteroatoms. The molecule has 0 radical (unpaired) electrons. The molecule has 6 aromatic carbocycles. The Morgan fingerprint density at radius 3 is 1.18 bits per heavy atom. The lowest BCUT2D eigenvalue weighted by Crippen LogP contribution is -2.11. The third kappa shape index (κ3) is 4.20. The Bertz CT molecular complexity index is 1730. The Morgan fingerprint density at radius 2 is 0.718 bits per heavy atom. The van der Waals surface area contributed by atoms with Gasteiger partial charge in [0.05, 0.1) is 11.4 Å². The molecule has 1 heterocycles. The minimum Gasteiger partial charge on any atom is -0.424 e. The lowest BCUT2D eigenvalue weighted by molar-refractivity contribution is 0.580. The van der Waals surface area contributed by atoms with Gasteiger partial charge in [0, 0.05) is 34.3 Å². The van der Waals surface area contributed by atoms with Crippen molar-refractivity contribution in [3.8, 4) is 0 Å². The molecule has 0 spiro atoms. The van der Waals surface area contributed by atoms with E-state index in [4.69, 9.17) is 4.42 Å². The molecule has 0 aliphatic rings. The third-order valence-electron chi connectivity index (χ3n) is 7.06. The van der Waals surface area contributed by atoms with E-state index in [9.17, 15) is 0 Å². The first-order chi connectivity index (χ1) is 19.4. The number of benzene rings is 6. The molecule has 0 amide bonds. The van der Waals surface area contributed by atoms with E-state index >= 15 is 0 Å². The van der Waals surface area contributed by atoms with Crippen molar-refractivity contribution in [3.05, 3.63) is 158 Å². The van der Waals surface area contributed by atoms with Crippen LogP contribution in [-0.2, 0) is 0 Å². The average molecular weight is 503 g/mol. The van der Waals surface area contributed by atoms with Crippen LogP contribution in [0.1, 0.15) is 0 Å². The molecule has 186 valence electrons. The van der Waals surface area contributed by atoms with Crippen LogP contribution < -0.4 is 9.80 Å². The topological polar surface area (TPSA) is 19.6 Å². The van der Waals surface area contributed by atoms with Crippen LogP contribution in [0, 0.1) is 0 Å². The molecule has 0 bridgehead atoms. The smallest absolute Gasteiger partial charge is 0.207 e. The van der Waals surface area contributed by atoms with Gasteiger partial charge in [-0.15, -0.1) is 0 Å². The molecule has 0 N–H and O–H groups in total. The van der Waals surface area contributed by atoms with Crippen molar-refractivity contribution < 1.29 is 4.42 Å². The van der Waals surface area contributed by atoms with Gasteiger partial charge in [-0.2, -0.15) is 0 Å². The van der Waals surface area contributed by atoms with Crippen LogP contribution in [0.2, 0.25) is 0 Å². The number of para-hydroxylation sites is 2. The maximum atomic E-state index is 6.78. The Hall–Kier alpha value is -5.28. The first kappa shape index (κ1) is 22.9. The molecule has 7 rings (SSSR count). The Kier molecular flexibility index (Phi) is 5.80. The van der Waals surface area contributed by atoms with E-state index in [1.807, 2.05) is 12.1 Å². The van der Waals surface area contributed by atoms with Crippen molar-refractivity contribution in [3.63, 3.8) is 0 Å². The van der Waals surface area contributed by atoms with Crippen LogP contribution in [0.15, 0.2) is 162 Å². The van der Waals surface area contributed by atoms with E-state index in [0.717, 1.165) is 45.3 Å². The molecule has 0 aliphatic heterocycles. The second-order valence-corrected chi connectivity index (χ2v) is 9.45. The van der Waals surface area contributed by atoms with Crippen LogP contribution >= 0.6 is 0 Å². The third-order valence-corrected chi connectivity index (χ3v) is 7.06. The molecule has 0 aliphatic carbocycles. The Labute approximate surface area is 227 Å². The summed E-state index contributed by atoms with van der Waals surface area (Å²) in [6.45, 7) is 0. The summed E-state index contributed by atoms with van der Waals surface area (Å²) in [5, 5.41) is 4.69. The monoisotopic (exact) mass is 502 g/mol. The Morgan fingerprint density at radius 1 is 0.333 bits per heavy atom. The van der Waals surface area contributed by atoms with E-state index in [-0.39, 0.29) is 0 Å². The zero-order chi connectivity index (χ0) is 26.0. The van der Waals surface area contributed by atoms with Gasteiger partial charge in [0.15, 0.2) is 0 Å². The summed E-state index contributed by atoms with van der Waals surface area (Å²) in [4.78, 5) is 4.39. The van der Waals surface area contributed by atoms with Gasteiger partial charge in [0.1, 0.15) is 0 Å². The number of furan rings is 1. The first-order valence-electron chi connectivity index (χ1n) is 13.1. The van der Waals surface area contributed by atoms with Gasteiger partial charge in [0.25, 0.3) is 0 Å². The summed E-state index contributed by atoms with van der Waals surface area (Å²) < 4.78 is 6.78. The second-order valence-electron chi connectivity index (χ2n) is 9.45. The highest BCUT2D eigenvalue weighted by atomic mass is 16.4. The van der Waals surface area contributed by atoms with Crippen molar-refractivity contribution in [2.45, 2.75) is 0 Å². The summed E-state index contributed by atoms with van der Waals surface area (Å²) in [5.74, 6) is 1.49. The molecule has 0 saturated heterocycles. The maximum Gasteiger partial charge on any atom is 0.207 e. The number of hydrogen-bond donors (Lipinski definition) is 0. The minimum absolute atomic E-state index is 0.744. The Balaban J connectivity index is 1.42. The van der Waals surface area contributed by atoms with E-state index in [2.05, 4.69) is 155 Å². The zero-order valence-electron chi connectivity index (χ0n) is 21.3. The molecule has 0 unspecified atom stereocenters. The van der Waals surface area contributed by atoms with E-state index in [1.54, 1.807) is 0 Å². The summed E-state index contributed by atoms with van der Waals surface area (Å²) in [6.07, 6.45) is 0. The normalized spacial score (nSPS) is 11.1. The van der Waals surface area contributed by atoms with Gasteiger partial charge in [0.2, 0.25) is 11.8 Å². The minimum atomic E-state index is 0.744. The molecule has 0 saturated carbocycles. The van der Waals surface area contributed by atoms with Crippen LogP contribution in [0.5, 0.6) is 0 Å².